The lowest BCUT2D eigenvalue weighted by Crippen LogP contribution is -2.36. The van der Waals surface area contributed by atoms with Crippen LogP contribution in [0.25, 0.3) is 0 Å². The van der Waals surface area contributed by atoms with E-state index in [0.717, 1.165) is 55.9 Å². The molecule has 2 aliphatic rings. The zero-order chi connectivity index (χ0) is 14.7. The largest absolute Gasteiger partial charge is 0.493 e. The van der Waals surface area contributed by atoms with E-state index in [1.54, 1.807) is 0 Å². The molecule has 0 aliphatic carbocycles. The lowest BCUT2D eigenvalue weighted by molar-refractivity contribution is 0.204. The van der Waals surface area contributed by atoms with Crippen molar-refractivity contribution < 1.29 is 4.74 Å². The van der Waals surface area contributed by atoms with Crippen molar-refractivity contribution in [3.8, 4) is 5.75 Å². The van der Waals surface area contributed by atoms with Crippen LogP contribution >= 0.6 is 11.6 Å². The van der Waals surface area contributed by atoms with Crippen molar-refractivity contribution in [3.05, 3.63) is 28.3 Å². The minimum Gasteiger partial charge on any atom is -0.493 e. The SMILES string of the molecule is CCN(Cc1cc(Cl)cc2c1OCC2)CC1CCNCC1. The number of ether oxygens (including phenoxy) is 1. The standard InChI is InChI=1S/C17H25ClN2O/c1-2-20(11-13-3-6-19-7-4-13)12-15-10-16(18)9-14-5-8-21-17(14)15/h9-10,13,19H,2-8,11-12H2,1H3. The molecule has 3 rings (SSSR count). The normalized spacial score (nSPS) is 18.8. The highest BCUT2D eigenvalue weighted by Crippen LogP contribution is 2.33. The predicted octanol–water partition coefficient (Wildman–Crippen LogP) is 3.10. The number of hydrogen-bond donors (Lipinski definition) is 1. The fourth-order valence-corrected chi connectivity index (χ4v) is 3.70. The Hall–Kier alpha value is -0.770. The number of nitrogens with one attached hydrogen (secondary N) is 1. The van der Waals surface area contributed by atoms with Crippen LogP contribution in [0, 0.1) is 5.92 Å². The van der Waals surface area contributed by atoms with Gasteiger partial charge in [-0.3, -0.25) is 4.90 Å². The summed E-state index contributed by atoms with van der Waals surface area (Å²) in [6.07, 6.45) is 3.57. The molecule has 0 amide bonds. The van der Waals surface area contributed by atoms with Gasteiger partial charge in [0.15, 0.2) is 0 Å². The monoisotopic (exact) mass is 308 g/mol. The summed E-state index contributed by atoms with van der Waals surface area (Å²) in [6, 6.07) is 4.13. The molecule has 21 heavy (non-hydrogen) atoms. The van der Waals surface area contributed by atoms with E-state index in [-0.39, 0.29) is 0 Å². The van der Waals surface area contributed by atoms with Crippen LogP contribution in [-0.2, 0) is 13.0 Å². The molecule has 2 heterocycles. The summed E-state index contributed by atoms with van der Waals surface area (Å²) in [5.74, 6) is 1.91. The van der Waals surface area contributed by atoms with Gasteiger partial charge in [-0.05, 0) is 56.1 Å². The van der Waals surface area contributed by atoms with E-state index in [2.05, 4.69) is 29.3 Å². The van der Waals surface area contributed by atoms with Crippen molar-refractivity contribution >= 4 is 11.6 Å². The summed E-state index contributed by atoms with van der Waals surface area (Å²) in [4.78, 5) is 2.53. The first-order valence-corrected chi connectivity index (χ1v) is 8.51. The number of piperidine rings is 1. The molecule has 0 radical (unpaired) electrons. The topological polar surface area (TPSA) is 24.5 Å². The Bertz CT molecular complexity index is 486. The maximum absolute atomic E-state index is 6.26. The van der Waals surface area contributed by atoms with Crippen molar-refractivity contribution in [1.29, 1.82) is 0 Å². The lowest BCUT2D eigenvalue weighted by Gasteiger charge is -2.29. The van der Waals surface area contributed by atoms with E-state index in [4.69, 9.17) is 16.3 Å². The van der Waals surface area contributed by atoms with Gasteiger partial charge >= 0.3 is 0 Å². The highest BCUT2D eigenvalue weighted by Gasteiger charge is 2.21. The summed E-state index contributed by atoms with van der Waals surface area (Å²) in [5, 5.41) is 4.28. The van der Waals surface area contributed by atoms with Crippen molar-refractivity contribution in [1.82, 2.24) is 10.2 Å². The molecule has 0 spiro atoms. The molecule has 116 valence electrons. The smallest absolute Gasteiger partial charge is 0.127 e. The van der Waals surface area contributed by atoms with Crippen molar-refractivity contribution in [3.63, 3.8) is 0 Å². The van der Waals surface area contributed by atoms with Crippen LogP contribution in [0.4, 0.5) is 0 Å². The first-order valence-electron chi connectivity index (χ1n) is 8.13. The van der Waals surface area contributed by atoms with Gasteiger partial charge in [-0.1, -0.05) is 18.5 Å². The molecule has 0 unspecified atom stereocenters. The number of fused-ring (bicyclic) bond motifs is 1. The molecule has 0 atom stereocenters. The second kappa shape index (κ2) is 6.99. The Kier molecular flexibility index (Phi) is 5.04. The number of rotatable bonds is 5. The Morgan fingerprint density at radius 1 is 1.33 bits per heavy atom. The van der Waals surface area contributed by atoms with Crippen molar-refractivity contribution in [2.45, 2.75) is 32.7 Å². The molecule has 0 aromatic heterocycles. The summed E-state index contributed by atoms with van der Waals surface area (Å²) in [7, 11) is 0. The summed E-state index contributed by atoms with van der Waals surface area (Å²) >= 11 is 6.26. The number of halogens is 1. The van der Waals surface area contributed by atoms with E-state index in [0.29, 0.717) is 0 Å². The predicted molar refractivity (Wildman–Crippen MR) is 87.2 cm³/mol. The first kappa shape index (κ1) is 15.1. The maximum Gasteiger partial charge on any atom is 0.127 e. The van der Waals surface area contributed by atoms with Crippen LogP contribution < -0.4 is 10.1 Å². The molecule has 1 N–H and O–H groups in total. The van der Waals surface area contributed by atoms with Crippen LogP contribution in [-0.4, -0.2) is 37.7 Å². The van der Waals surface area contributed by atoms with Crippen LogP contribution in [0.15, 0.2) is 12.1 Å². The molecule has 1 saturated heterocycles. The van der Waals surface area contributed by atoms with Crippen LogP contribution in [0.2, 0.25) is 5.02 Å². The molecule has 4 heteroatoms. The first-order chi connectivity index (χ1) is 10.3. The number of hydrogen-bond acceptors (Lipinski definition) is 3. The molecule has 2 aliphatic heterocycles. The second-order valence-corrected chi connectivity index (χ2v) is 6.61. The highest BCUT2D eigenvalue weighted by molar-refractivity contribution is 6.30. The summed E-state index contributed by atoms with van der Waals surface area (Å²) in [5.41, 5.74) is 2.53. The molecule has 1 aromatic rings. The fraction of sp³-hybridized carbons (Fsp3) is 0.647. The third-order valence-electron chi connectivity index (χ3n) is 4.64. The van der Waals surface area contributed by atoms with E-state index < -0.39 is 0 Å². The Morgan fingerprint density at radius 3 is 2.90 bits per heavy atom. The third kappa shape index (κ3) is 3.71. The molecule has 3 nitrogen and oxygen atoms in total. The molecule has 0 bridgehead atoms. The number of nitrogens with zero attached hydrogens (tertiary/aromatic N) is 1. The van der Waals surface area contributed by atoms with Gasteiger partial charge in [-0.15, -0.1) is 0 Å². The zero-order valence-corrected chi connectivity index (χ0v) is 13.6. The summed E-state index contributed by atoms with van der Waals surface area (Å²) < 4.78 is 5.82. The van der Waals surface area contributed by atoms with Crippen LogP contribution in [0.1, 0.15) is 30.9 Å². The molecule has 1 fully saturated rings. The van der Waals surface area contributed by atoms with Gasteiger partial charge in [0.05, 0.1) is 6.61 Å². The second-order valence-electron chi connectivity index (χ2n) is 6.17. The lowest BCUT2D eigenvalue weighted by atomic mass is 9.97. The van der Waals surface area contributed by atoms with E-state index in [9.17, 15) is 0 Å². The van der Waals surface area contributed by atoms with Gasteiger partial charge in [-0.25, -0.2) is 0 Å². The molecular formula is C17H25ClN2O. The van der Waals surface area contributed by atoms with Crippen molar-refractivity contribution in [2.75, 3.05) is 32.8 Å². The summed E-state index contributed by atoms with van der Waals surface area (Å²) in [6.45, 7) is 8.57. The average Bonchev–Trinajstić information content (AvgIpc) is 2.96. The van der Waals surface area contributed by atoms with E-state index in [1.165, 1.54) is 30.5 Å². The van der Waals surface area contributed by atoms with Crippen LogP contribution in [0.3, 0.4) is 0 Å². The molecule has 0 saturated carbocycles. The van der Waals surface area contributed by atoms with E-state index >= 15 is 0 Å². The average molecular weight is 309 g/mol. The Labute approximate surface area is 132 Å². The van der Waals surface area contributed by atoms with E-state index in [1.807, 2.05) is 0 Å². The quantitative estimate of drug-likeness (QED) is 0.904. The molecular weight excluding hydrogens is 284 g/mol. The fourth-order valence-electron chi connectivity index (χ4n) is 3.44. The third-order valence-corrected chi connectivity index (χ3v) is 4.86. The van der Waals surface area contributed by atoms with Gasteiger partial charge in [0.1, 0.15) is 5.75 Å². The van der Waals surface area contributed by atoms with Gasteiger partial charge in [0, 0.05) is 30.1 Å². The van der Waals surface area contributed by atoms with Crippen molar-refractivity contribution in [2.24, 2.45) is 5.92 Å². The van der Waals surface area contributed by atoms with Gasteiger partial charge < -0.3 is 10.1 Å². The Balaban J connectivity index is 1.69. The number of benzene rings is 1. The minimum absolute atomic E-state index is 0.795. The maximum atomic E-state index is 6.26. The zero-order valence-electron chi connectivity index (χ0n) is 12.8. The van der Waals surface area contributed by atoms with Gasteiger partial charge in [-0.2, -0.15) is 0 Å². The van der Waals surface area contributed by atoms with Gasteiger partial charge in [0.2, 0.25) is 0 Å². The minimum atomic E-state index is 0.795. The van der Waals surface area contributed by atoms with Crippen LogP contribution in [0.5, 0.6) is 5.75 Å². The highest BCUT2D eigenvalue weighted by atomic mass is 35.5. The Morgan fingerprint density at radius 2 is 2.14 bits per heavy atom. The molecule has 1 aromatic carbocycles. The van der Waals surface area contributed by atoms with Gasteiger partial charge in [0.25, 0.3) is 0 Å².